The summed E-state index contributed by atoms with van der Waals surface area (Å²) < 4.78 is 6.66. The first-order valence-electron chi connectivity index (χ1n) is 5.71. The first-order valence-corrected chi connectivity index (χ1v) is 5.71. The number of carbonyl (C=O) groups excluding carboxylic acids is 1. The predicted octanol–water partition coefficient (Wildman–Crippen LogP) is 1.63. The molecule has 2 heterocycles. The molecule has 1 N–H and O–H groups in total. The summed E-state index contributed by atoms with van der Waals surface area (Å²) in [7, 11) is 3.33. The van der Waals surface area contributed by atoms with Gasteiger partial charge in [-0.15, -0.1) is 0 Å². The van der Waals surface area contributed by atoms with Crippen molar-refractivity contribution in [2.24, 2.45) is 7.05 Å². The van der Waals surface area contributed by atoms with E-state index in [2.05, 4.69) is 5.32 Å². The number of ether oxygens (including phenoxy) is 1. The molecule has 0 bridgehead atoms. The topological polar surface area (TPSA) is 43.3 Å². The molecule has 1 aromatic rings. The maximum absolute atomic E-state index is 11.5. The number of hydrogen-bond acceptors (Lipinski definition) is 3. The van der Waals surface area contributed by atoms with E-state index in [-0.39, 0.29) is 5.97 Å². The number of esters is 1. The van der Waals surface area contributed by atoms with Gasteiger partial charge in [-0.25, -0.2) is 4.79 Å². The van der Waals surface area contributed by atoms with E-state index in [1.807, 2.05) is 23.7 Å². The molecule has 0 radical (unpaired) electrons. The van der Waals surface area contributed by atoms with Gasteiger partial charge in [-0.2, -0.15) is 0 Å². The molecule has 1 atom stereocenters. The molecule has 1 aliphatic rings. The van der Waals surface area contributed by atoms with E-state index < -0.39 is 0 Å². The predicted molar refractivity (Wildman–Crippen MR) is 61.3 cm³/mol. The van der Waals surface area contributed by atoms with Gasteiger partial charge in [-0.1, -0.05) is 6.42 Å². The van der Waals surface area contributed by atoms with Gasteiger partial charge in [0.1, 0.15) is 5.69 Å². The molecule has 0 spiro atoms. The largest absolute Gasteiger partial charge is 0.464 e. The smallest absolute Gasteiger partial charge is 0.354 e. The van der Waals surface area contributed by atoms with Crippen molar-refractivity contribution in [3.8, 4) is 0 Å². The van der Waals surface area contributed by atoms with Crippen LogP contribution in [0.15, 0.2) is 12.1 Å². The summed E-state index contributed by atoms with van der Waals surface area (Å²) in [5.41, 5.74) is 1.78. The van der Waals surface area contributed by atoms with Gasteiger partial charge in [0.25, 0.3) is 0 Å². The monoisotopic (exact) mass is 222 g/mol. The zero-order chi connectivity index (χ0) is 11.5. The average Bonchev–Trinajstić information content (AvgIpc) is 2.71. The van der Waals surface area contributed by atoms with Crippen LogP contribution in [0.1, 0.15) is 41.5 Å². The Labute approximate surface area is 95.6 Å². The number of piperidine rings is 1. The Bertz CT molecular complexity index is 378. The van der Waals surface area contributed by atoms with E-state index in [0.717, 1.165) is 13.0 Å². The minimum atomic E-state index is -0.274. The van der Waals surface area contributed by atoms with Crippen LogP contribution in [0.5, 0.6) is 0 Å². The van der Waals surface area contributed by atoms with Gasteiger partial charge < -0.3 is 14.6 Å². The van der Waals surface area contributed by atoms with Crippen molar-refractivity contribution in [2.75, 3.05) is 13.7 Å². The Morgan fingerprint density at radius 3 is 2.94 bits per heavy atom. The number of carbonyl (C=O) groups is 1. The van der Waals surface area contributed by atoms with E-state index in [9.17, 15) is 4.79 Å². The first kappa shape index (κ1) is 11.2. The molecule has 1 fully saturated rings. The summed E-state index contributed by atoms with van der Waals surface area (Å²) in [6, 6.07) is 4.21. The fourth-order valence-corrected chi connectivity index (χ4v) is 2.29. The normalized spacial score (nSPS) is 20.8. The lowest BCUT2D eigenvalue weighted by atomic mass is 10.0. The molecular formula is C12H18N2O2. The lowest BCUT2D eigenvalue weighted by molar-refractivity contribution is 0.0589. The van der Waals surface area contributed by atoms with Crippen LogP contribution in [0.25, 0.3) is 0 Å². The summed E-state index contributed by atoms with van der Waals surface area (Å²) in [5.74, 6) is -0.274. The van der Waals surface area contributed by atoms with Crippen LogP contribution in [-0.4, -0.2) is 24.2 Å². The van der Waals surface area contributed by atoms with Crippen LogP contribution in [0, 0.1) is 0 Å². The van der Waals surface area contributed by atoms with Crippen LogP contribution >= 0.6 is 0 Å². The average molecular weight is 222 g/mol. The van der Waals surface area contributed by atoms with Crippen LogP contribution in [0.2, 0.25) is 0 Å². The van der Waals surface area contributed by atoms with E-state index in [4.69, 9.17) is 4.74 Å². The molecule has 1 aliphatic heterocycles. The summed E-state index contributed by atoms with van der Waals surface area (Å²) in [6.45, 7) is 1.06. The zero-order valence-corrected chi connectivity index (χ0v) is 9.82. The fourth-order valence-electron chi connectivity index (χ4n) is 2.29. The number of hydrogen-bond donors (Lipinski definition) is 1. The molecule has 2 rings (SSSR count). The highest BCUT2D eigenvalue weighted by atomic mass is 16.5. The molecule has 4 nitrogen and oxygen atoms in total. The zero-order valence-electron chi connectivity index (χ0n) is 9.82. The molecule has 0 unspecified atom stereocenters. The molecule has 0 saturated carbocycles. The van der Waals surface area contributed by atoms with Crippen molar-refractivity contribution in [2.45, 2.75) is 25.3 Å². The van der Waals surface area contributed by atoms with Gasteiger partial charge in [0, 0.05) is 18.8 Å². The third-order valence-corrected chi connectivity index (χ3v) is 3.22. The molecule has 0 aliphatic carbocycles. The van der Waals surface area contributed by atoms with E-state index in [1.165, 1.54) is 25.6 Å². The number of aromatic nitrogens is 1. The standard InChI is InChI=1S/C12H18N2O2/c1-14-10(9-5-3-4-8-13-9)6-7-11(14)12(15)16-2/h6-7,9,13H,3-5,8H2,1-2H3/t9-/m0/s1. The highest BCUT2D eigenvalue weighted by Gasteiger charge is 2.20. The summed E-state index contributed by atoms with van der Waals surface area (Å²) in [4.78, 5) is 11.5. The lowest BCUT2D eigenvalue weighted by Crippen LogP contribution is -2.28. The minimum absolute atomic E-state index is 0.274. The Morgan fingerprint density at radius 2 is 2.31 bits per heavy atom. The van der Waals surface area contributed by atoms with E-state index in [0.29, 0.717) is 11.7 Å². The fraction of sp³-hybridized carbons (Fsp3) is 0.583. The van der Waals surface area contributed by atoms with Gasteiger partial charge >= 0.3 is 5.97 Å². The van der Waals surface area contributed by atoms with E-state index in [1.54, 1.807) is 0 Å². The Morgan fingerprint density at radius 1 is 1.50 bits per heavy atom. The van der Waals surface area contributed by atoms with Crippen LogP contribution < -0.4 is 5.32 Å². The van der Waals surface area contributed by atoms with Crippen molar-refractivity contribution in [1.29, 1.82) is 0 Å². The van der Waals surface area contributed by atoms with Crippen LogP contribution in [0.3, 0.4) is 0 Å². The molecule has 4 heteroatoms. The summed E-state index contributed by atoms with van der Waals surface area (Å²) in [6.07, 6.45) is 3.62. The second kappa shape index (κ2) is 4.70. The van der Waals surface area contributed by atoms with Crippen LogP contribution in [-0.2, 0) is 11.8 Å². The highest BCUT2D eigenvalue weighted by Crippen LogP contribution is 2.24. The van der Waals surface area contributed by atoms with Gasteiger partial charge in [0.15, 0.2) is 0 Å². The Hall–Kier alpha value is -1.29. The second-order valence-corrected chi connectivity index (χ2v) is 4.20. The maximum atomic E-state index is 11.5. The molecule has 0 amide bonds. The molecular weight excluding hydrogens is 204 g/mol. The molecule has 88 valence electrons. The van der Waals surface area contributed by atoms with Crippen molar-refractivity contribution < 1.29 is 9.53 Å². The van der Waals surface area contributed by atoms with Crippen molar-refractivity contribution in [3.63, 3.8) is 0 Å². The molecule has 1 aromatic heterocycles. The summed E-state index contributed by atoms with van der Waals surface area (Å²) >= 11 is 0. The first-order chi connectivity index (χ1) is 7.74. The van der Waals surface area contributed by atoms with Gasteiger partial charge in [0.2, 0.25) is 0 Å². The van der Waals surface area contributed by atoms with Crippen molar-refractivity contribution in [3.05, 3.63) is 23.5 Å². The quantitative estimate of drug-likeness (QED) is 0.773. The number of nitrogens with one attached hydrogen (secondary N) is 1. The highest BCUT2D eigenvalue weighted by molar-refractivity contribution is 5.87. The number of nitrogens with zero attached hydrogens (tertiary/aromatic N) is 1. The lowest BCUT2D eigenvalue weighted by Gasteiger charge is -2.24. The minimum Gasteiger partial charge on any atom is -0.464 e. The summed E-state index contributed by atoms with van der Waals surface area (Å²) in [5, 5.41) is 3.47. The van der Waals surface area contributed by atoms with Crippen LogP contribution in [0.4, 0.5) is 0 Å². The van der Waals surface area contributed by atoms with Crippen molar-refractivity contribution >= 4 is 5.97 Å². The SMILES string of the molecule is COC(=O)c1ccc([C@@H]2CCCCN2)n1C. The van der Waals surface area contributed by atoms with Gasteiger partial charge in [-0.05, 0) is 31.5 Å². The molecule has 16 heavy (non-hydrogen) atoms. The van der Waals surface area contributed by atoms with Gasteiger partial charge in [-0.3, -0.25) is 0 Å². The molecule has 1 saturated heterocycles. The van der Waals surface area contributed by atoms with E-state index >= 15 is 0 Å². The molecule has 0 aromatic carbocycles. The second-order valence-electron chi connectivity index (χ2n) is 4.20. The Kier molecular flexibility index (Phi) is 3.29. The third-order valence-electron chi connectivity index (χ3n) is 3.22. The number of methoxy groups -OCH3 is 1. The maximum Gasteiger partial charge on any atom is 0.354 e. The third kappa shape index (κ3) is 1.97. The Balaban J connectivity index is 2.21. The van der Waals surface area contributed by atoms with Crippen molar-refractivity contribution in [1.82, 2.24) is 9.88 Å². The van der Waals surface area contributed by atoms with Gasteiger partial charge in [0.05, 0.1) is 7.11 Å². The number of rotatable bonds is 2.